The number of para-hydroxylation sites is 3. The van der Waals surface area contributed by atoms with Gasteiger partial charge in [-0.3, -0.25) is 9.88 Å². The molecule has 3 heterocycles. The molecule has 1 fully saturated rings. The maximum absolute atomic E-state index is 9.95. The summed E-state index contributed by atoms with van der Waals surface area (Å²) in [5, 5.41) is 9.95. The lowest BCUT2D eigenvalue weighted by Crippen LogP contribution is -2.49. The van der Waals surface area contributed by atoms with Crippen molar-refractivity contribution in [3.05, 3.63) is 71.3 Å². The molecule has 5 rings (SSSR count). The zero-order valence-electron chi connectivity index (χ0n) is 18.2. The summed E-state index contributed by atoms with van der Waals surface area (Å²) in [6.45, 7) is 8.23. The third-order valence-corrected chi connectivity index (χ3v) is 6.40. The van der Waals surface area contributed by atoms with Gasteiger partial charge in [-0.25, -0.2) is 0 Å². The summed E-state index contributed by atoms with van der Waals surface area (Å²) in [6, 6.07) is 21.7. The number of hydrogen-bond donors (Lipinski definition) is 1. The fourth-order valence-electron chi connectivity index (χ4n) is 4.85. The number of hydrogen-bond acceptors (Lipinski definition) is 3. The second-order valence-electron chi connectivity index (χ2n) is 8.35. The van der Waals surface area contributed by atoms with Gasteiger partial charge in [-0.2, -0.15) is 9.66 Å². The third kappa shape index (κ3) is 3.29. The second kappa shape index (κ2) is 7.96. The van der Waals surface area contributed by atoms with Crippen LogP contribution in [0.1, 0.15) is 30.0 Å². The molecule has 2 aromatic heterocycles. The van der Waals surface area contributed by atoms with Gasteiger partial charge < -0.3 is 4.90 Å². The van der Waals surface area contributed by atoms with Crippen LogP contribution in [-0.4, -0.2) is 31.2 Å². The highest BCUT2D eigenvalue weighted by Crippen LogP contribution is 2.26. The number of aromatic amines is 1. The van der Waals surface area contributed by atoms with Crippen LogP contribution >= 0.6 is 0 Å². The molecule has 0 unspecified atom stereocenters. The van der Waals surface area contributed by atoms with E-state index in [2.05, 4.69) is 87.6 Å². The van der Waals surface area contributed by atoms with Gasteiger partial charge in [0, 0.05) is 24.8 Å². The number of nitrogens with zero attached hydrogens (tertiary/aromatic N) is 4. The number of imidazole rings is 1. The topological polar surface area (TPSA) is 50.2 Å². The Morgan fingerprint density at radius 1 is 1.00 bits per heavy atom. The number of anilines is 2. The van der Waals surface area contributed by atoms with E-state index in [1.54, 1.807) is 0 Å². The Balaban J connectivity index is 1.58. The van der Waals surface area contributed by atoms with E-state index < -0.39 is 0 Å². The summed E-state index contributed by atoms with van der Waals surface area (Å²) in [6.07, 6.45) is 1.93. The Bertz CT molecular complexity index is 1290. The molecule has 1 saturated heterocycles. The fourth-order valence-corrected chi connectivity index (χ4v) is 4.85. The van der Waals surface area contributed by atoms with E-state index in [9.17, 15) is 5.26 Å². The van der Waals surface area contributed by atoms with E-state index in [1.165, 1.54) is 17.1 Å². The Morgan fingerprint density at radius 3 is 2.45 bits per heavy atom. The molecule has 5 nitrogen and oxygen atoms in total. The third-order valence-electron chi connectivity index (χ3n) is 6.40. The number of rotatable bonds is 4. The first-order chi connectivity index (χ1) is 15.2. The van der Waals surface area contributed by atoms with Gasteiger partial charge in [-0.05, 0) is 42.7 Å². The van der Waals surface area contributed by atoms with Crippen LogP contribution in [0, 0.1) is 18.3 Å². The van der Waals surface area contributed by atoms with Crippen LogP contribution in [0.5, 0.6) is 0 Å². The van der Waals surface area contributed by atoms with Crippen LogP contribution < -0.4 is 14.2 Å². The fraction of sp³-hybridized carbons (Fsp3) is 0.308. The Hall–Kier alpha value is -3.52. The number of nitriles is 1. The van der Waals surface area contributed by atoms with Gasteiger partial charge in [0.1, 0.15) is 22.7 Å². The van der Waals surface area contributed by atoms with Crippen LogP contribution in [0.15, 0.2) is 54.6 Å². The second-order valence-corrected chi connectivity index (χ2v) is 8.35. The maximum atomic E-state index is 9.95. The molecule has 0 amide bonds. The average molecular weight is 411 g/mol. The van der Waals surface area contributed by atoms with Gasteiger partial charge in [-0.15, -0.1) is 0 Å². The number of benzene rings is 2. The van der Waals surface area contributed by atoms with Crippen LogP contribution in [0.2, 0.25) is 0 Å². The van der Waals surface area contributed by atoms with Crippen LogP contribution in [0.4, 0.5) is 11.5 Å². The standard InChI is InChI=1S/C26H27N5/c1-3-8-20-17-25(30-15-13-29(14-16-30)23-11-6-4-9-19(23)2)31-24-12-7-5-10-22(24)28-26(31)21(20)18-27/h4-7,9-12,17H,3,8,13-16H2,1-2H3/p+1. The molecule has 0 spiro atoms. The van der Waals surface area contributed by atoms with Crippen molar-refractivity contribution in [3.63, 3.8) is 0 Å². The molecule has 2 aromatic carbocycles. The highest BCUT2D eigenvalue weighted by Gasteiger charge is 2.28. The summed E-state index contributed by atoms with van der Waals surface area (Å²) >= 11 is 0. The molecule has 0 saturated carbocycles. The monoisotopic (exact) mass is 410 g/mol. The first-order valence-electron chi connectivity index (χ1n) is 11.1. The predicted molar refractivity (Wildman–Crippen MR) is 126 cm³/mol. The van der Waals surface area contributed by atoms with Gasteiger partial charge >= 0.3 is 0 Å². The molecule has 1 aliphatic heterocycles. The van der Waals surface area contributed by atoms with Crippen molar-refractivity contribution in [3.8, 4) is 6.07 Å². The zero-order valence-corrected chi connectivity index (χ0v) is 18.2. The van der Waals surface area contributed by atoms with Gasteiger partial charge in [0.05, 0.1) is 13.1 Å². The van der Waals surface area contributed by atoms with E-state index in [4.69, 9.17) is 0 Å². The lowest BCUT2D eigenvalue weighted by Gasteiger charge is -2.35. The van der Waals surface area contributed by atoms with E-state index in [1.807, 2.05) is 6.07 Å². The number of aromatic nitrogens is 2. The van der Waals surface area contributed by atoms with Crippen molar-refractivity contribution in [1.82, 2.24) is 4.98 Å². The highest BCUT2D eigenvalue weighted by atomic mass is 15.3. The van der Waals surface area contributed by atoms with Crippen LogP contribution in [0.3, 0.4) is 0 Å². The van der Waals surface area contributed by atoms with E-state index in [0.717, 1.165) is 66.8 Å². The number of H-pyrrole nitrogens is 1. The molecule has 0 radical (unpaired) electrons. The van der Waals surface area contributed by atoms with Crippen molar-refractivity contribution in [2.24, 2.45) is 0 Å². The van der Waals surface area contributed by atoms with E-state index in [-0.39, 0.29) is 0 Å². The summed E-state index contributed by atoms with van der Waals surface area (Å²) in [7, 11) is 0. The van der Waals surface area contributed by atoms with Crippen LogP contribution in [0.25, 0.3) is 16.7 Å². The summed E-state index contributed by atoms with van der Waals surface area (Å²) < 4.78 is 2.25. The molecule has 31 heavy (non-hydrogen) atoms. The maximum Gasteiger partial charge on any atom is 0.250 e. The van der Waals surface area contributed by atoms with Crippen molar-refractivity contribution in [2.45, 2.75) is 26.7 Å². The van der Waals surface area contributed by atoms with Crippen molar-refractivity contribution < 1.29 is 4.40 Å². The van der Waals surface area contributed by atoms with Crippen molar-refractivity contribution in [1.29, 1.82) is 5.26 Å². The Labute approximate surface area is 183 Å². The zero-order chi connectivity index (χ0) is 21.4. The Morgan fingerprint density at radius 2 is 1.71 bits per heavy atom. The van der Waals surface area contributed by atoms with Crippen LogP contribution in [-0.2, 0) is 6.42 Å². The number of aryl methyl sites for hydroxylation is 2. The molecule has 0 aliphatic carbocycles. The molecule has 0 atom stereocenters. The molecule has 4 aromatic rings. The molecular weight excluding hydrogens is 382 g/mol. The lowest BCUT2D eigenvalue weighted by atomic mass is 10.0. The first kappa shape index (κ1) is 19.4. The normalized spacial score (nSPS) is 14.4. The van der Waals surface area contributed by atoms with Gasteiger partial charge in [0.15, 0.2) is 0 Å². The molecular formula is C26H28N5+. The number of piperazine rings is 1. The summed E-state index contributed by atoms with van der Waals surface area (Å²) in [5.41, 5.74) is 7.64. The van der Waals surface area contributed by atoms with Crippen molar-refractivity contribution in [2.75, 3.05) is 36.0 Å². The minimum absolute atomic E-state index is 0.764. The van der Waals surface area contributed by atoms with Crippen molar-refractivity contribution >= 4 is 28.2 Å². The molecule has 1 aliphatic rings. The SMILES string of the molecule is CCCc1cc(N2CCN(c3ccccc3C)CC2)[n+]2c([nH]c3ccccc32)c1C#N. The number of nitrogens with one attached hydrogen (secondary N) is 1. The number of pyridine rings is 1. The minimum atomic E-state index is 0.764. The molecule has 1 N–H and O–H groups in total. The first-order valence-corrected chi connectivity index (χ1v) is 11.1. The molecule has 5 heteroatoms. The number of fused-ring (bicyclic) bond motifs is 3. The largest absolute Gasteiger partial charge is 0.365 e. The molecule has 0 bridgehead atoms. The molecule has 156 valence electrons. The quantitative estimate of drug-likeness (QED) is 0.509. The van der Waals surface area contributed by atoms with Gasteiger partial charge in [0.25, 0.3) is 0 Å². The smallest absolute Gasteiger partial charge is 0.250 e. The predicted octanol–water partition coefficient (Wildman–Crippen LogP) is 4.37. The van der Waals surface area contributed by atoms with E-state index in [0.29, 0.717) is 0 Å². The Kier molecular flexibility index (Phi) is 4.99. The summed E-state index contributed by atoms with van der Waals surface area (Å²) in [4.78, 5) is 8.48. The summed E-state index contributed by atoms with van der Waals surface area (Å²) in [5.74, 6) is 1.18. The highest BCUT2D eigenvalue weighted by molar-refractivity contribution is 5.77. The minimum Gasteiger partial charge on any atom is -0.365 e. The average Bonchev–Trinajstić information content (AvgIpc) is 3.19. The van der Waals surface area contributed by atoms with Gasteiger partial charge in [0.2, 0.25) is 11.5 Å². The lowest BCUT2D eigenvalue weighted by molar-refractivity contribution is -0.467. The van der Waals surface area contributed by atoms with Gasteiger partial charge in [-0.1, -0.05) is 43.7 Å². The van der Waals surface area contributed by atoms with E-state index >= 15 is 0 Å².